The van der Waals surface area contributed by atoms with Gasteiger partial charge in [0.25, 0.3) is 0 Å². The van der Waals surface area contributed by atoms with Gasteiger partial charge in [0.05, 0.1) is 11.4 Å². The molecule has 1 aromatic carbocycles. The largest absolute Gasteiger partial charge is 0.324 e. The third-order valence-electron chi connectivity index (χ3n) is 2.99. The van der Waals surface area contributed by atoms with E-state index in [2.05, 4.69) is 43.2 Å². The molecule has 0 bridgehead atoms. The number of hydrogen-bond acceptors (Lipinski definition) is 2. The van der Waals surface area contributed by atoms with Gasteiger partial charge in [-0.05, 0) is 44.0 Å². The van der Waals surface area contributed by atoms with E-state index >= 15 is 0 Å². The van der Waals surface area contributed by atoms with Gasteiger partial charge in [0.1, 0.15) is 0 Å². The summed E-state index contributed by atoms with van der Waals surface area (Å²) in [6.45, 7) is 6.16. The van der Waals surface area contributed by atoms with Crippen LogP contribution >= 0.6 is 0 Å². The van der Waals surface area contributed by atoms with Crippen molar-refractivity contribution in [3.63, 3.8) is 0 Å². The standard InChI is InChI=1S/C14H19N3/c1-4-14(15)12-6-5-7-13(9-12)17-11(3)8-10(2)16-17/h5-9,14H,4,15H2,1-3H3. The van der Waals surface area contributed by atoms with Crippen LogP contribution in [0.5, 0.6) is 0 Å². The highest BCUT2D eigenvalue weighted by Crippen LogP contribution is 2.18. The summed E-state index contributed by atoms with van der Waals surface area (Å²) in [6, 6.07) is 10.5. The molecule has 90 valence electrons. The van der Waals surface area contributed by atoms with E-state index in [1.54, 1.807) is 0 Å². The fourth-order valence-electron chi connectivity index (χ4n) is 2.01. The van der Waals surface area contributed by atoms with E-state index in [-0.39, 0.29) is 6.04 Å². The van der Waals surface area contributed by atoms with Crippen LogP contribution in [-0.2, 0) is 0 Å². The number of rotatable bonds is 3. The van der Waals surface area contributed by atoms with Crippen molar-refractivity contribution in [1.29, 1.82) is 0 Å². The zero-order chi connectivity index (χ0) is 12.4. The third kappa shape index (κ3) is 2.39. The summed E-state index contributed by atoms with van der Waals surface area (Å²) in [6.07, 6.45) is 0.945. The Morgan fingerprint density at radius 1 is 1.29 bits per heavy atom. The molecule has 1 aromatic heterocycles. The number of aryl methyl sites for hydroxylation is 2. The van der Waals surface area contributed by atoms with Crippen molar-refractivity contribution in [3.8, 4) is 5.69 Å². The predicted octanol–water partition coefficient (Wildman–Crippen LogP) is 2.90. The number of nitrogens with two attached hydrogens (primary N) is 1. The Morgan fingerprint density at radius 2 is 2.06 bits per heavy atom. The van der Waals surface area contributed by atoms with Gasteiger partial charge < -0.3 is 5.73 Å². The molecule has 1 atom stereocenters. The van der Waals surface area contributed by atoms with Crippen molar-refractivity contribution in [3.05, 3.63) is 47.3 Å². The maximum atomic E-state index is 6.05. The highest BCUT2D eigenvalue weighted by atomic mass is 15.3. The highest BCUT2D eigenvalue weighted by molar-refractivity contribution is 5.38. The van der Waals surface area contributed by atoms with Crippen LogP contribution in [0.4, 0.5) is 0 Å². The van der Waals surface area contributed by atoms with Crippen molar-refractivity contribution >= 4 is 0 Å². The smallest absolute Gasteiger partial charge is 0.0652 e. The van der Waals surface area contributed by atoms with Crippen molar-refractivity contribution < 1.29 is 0 Å². The molecule has 0 saturated carbocycles. The van der Waals surface area contributed by atoms with Crippen LogP contribution in [0.15, 0.2) is 30.3 Å². The topological polar surface area (TPSA) is 43.8 Å². The van der Waals surface area contributed by atoms with Crippen LogP contribution < -0.4 is 5.73 Å². The maximum Gasteiger partial charge on any atom is 0.0652 e. The van der Waals surface area contributed by atoms with Gasteiger partial charge in [-0.2, -0.15) is 5.10 Å². The Kier molecular flexibility index (Phi) is 3.29. The van der Waals surface area contributed by atoms with Crippen LogP contribution in [0.2, 0.25) is 0 Å². The quantitative estimate of drug-likeness (QED) is 0.879. The summed E-state index contributed by atoms with van der Waals surface area (Å²) in [7, 11) is 0. The van der Waals surface area contributed by atoms with Gasteiger partial charge in [0, 0.05) is 11.7 Å². The minimum absolute atomic E-state index is 0.104. The molecule has 1 unspecified atom stereocenters. The Hall–Kier alpha value is -1.61. The van der Waals surface area contributed by atoms with Gasteiger partial charge in [-0.25, -0.2) is 4.68 Å². The minimum atomic E-state index is 0.104. The lowest BCUT2D eigenvalue weighted by Crippen LogP contribution is -2.09. The molecule has 0 aliphatic heterocycles. The molecule has 1 heterocycles. The van der Waals surface area contributed by atoms with E-state index in [1.807, 2.05) is 17.7 Å². The number of nitrogens with zero attached hydrogens (tertiary/aromatic N) is 2. The Balaban J connectivity index is 2.43. The fourth-order valence-corrected chi connectivity index (χ4v) is 2.01. The first-order chi connectivity index (χ1) is 8.11. The van der Waals surface area contributed by atoms with Crippen LogP contribution in [-0.4, -0.2) is 9.78 Å². The first-order valence-corrected chi connectivity index (χ1v) is 6.01. The molecule has 0 amide bonds. The zero-order valence-corrected chi connectivity index (χ0v) is 10.6. The van der Waals surface area contributed by atoms with Crippen molar-refractivity contribution in [2.75, 3.05) is 0 Å². The average molecular weight is 229 g/mol. The van der Waals surface area contributed by atoms with Crippen LogP contribution in [0.25, 0.3) is 5.69 Å². The zero-order valence-electron chi connectivity index (χ0n) is 10.6. The Labute approximate surface area is 102 Å². The van der Waals surface area contributed by atoms with E-state index in [4.69, 9.17) is 5.73 Å². The average Bonchev–Trinajstić information content (AvgIpc) is 2.67. The normalized spacial score (nSPS) is 12.7. The molecular weight excluding hydrogens is 210 g/mol. The molecule has 3 heteroatoms. The summed E-state index contributed by atoms with van der Waals surface area (Å²) in [4.78, 5) is 0. The lowest BCUT2D eigenvalue weighted by Gasteiger charge is -2.11. The Bertz CT molecular complexity index is 514. The molecular formula is C14H19N3. The first kappa shape index (κ1) is 11.9. The molecule has 0 aliphatic rings. The van der Waals surface area contributed by atoms with Gasteiger partial charge >= 0.3 is 0 Å². The van der Waals surface area contributed by atoms with Crippen molar-refractivity contribution in [2.45, 2.75) is 33.2 Å². The van der Waals surface area contributed by atoms with E-state index < -0.39 is 0 Å². The van der Waals surface area contributed by atoms with E-state index in [0.29, 0.717) is 0 Å². The van der Waals surface area contributed by atoms with Crippen molar-refractivity contribution in [1.82, 2.24) is 9.78 Å². The summed E-state index contributed by atoms with van der Waals surface area (Å²) in [5.74, 6) is 0. The number of benzene rings is 1. The van der Waals surface area contributed by atoms with E-state index in [0.717, 1.165) is 29.1 Å². The second kappa shape index (κ2) is 4.72. The summed E-state index contributed by atoms with van der Waals surface area (Å²) in [5.41, 5.74) is 10.5. The number of hydrogen-bond donors (Lipinski definition) is 1. The molecule has 2 aromatic rings. The van der Waals surface area contributed by atoms with E-state index in [1.165, 1.54) is 0 Å². The van der Waals surface area contributed by atoms with Gasteiger partial charge in [-0.15, -0.1) is 0 Å². The SMILES string of the molecule is CCC(N)c1cccc(-n2nc(C)cc2C)c1. The van der Waals surface area contributed by atoms with Crippen LogP contribution in [0.1, 0.15) is 36.3 Å². The fraction of sp³-hybridized carbons (Fsp3) is 0.357. The second-order valence-corrected chi connectivity index (χ2v) is 4.45. The van der Waals surface area contributed by atoms with Crippen LogP contribution in [0, 0.1) is 13.8 Å². The maximum absolute atomic E-state index is 6.05. The summed E-state index contributed by atoms with van der Waals surface area (Å²) in [5, 5.41) is 4.48. The molecule has 0 saturated heterocycles. The van der Waals surface area contributed by atoms with Crippen LogP contribution in [0.3, 0.4) is 0 Å². The monoisotopic (exact) mass is 229 g/mol. The highest BCUT2D eigenvalue weighted by Gasteiger charge is 2.07. The van der Waals surface area contributed by atoms with Gasteiger partial charge in [0.15, 0.2) is 0 Å². The summed E-state index contributed by atoms with van der Waals surface area (Å²) < 4.78 is 1.96. The van der Waals surface area contributed by atoms with Gasteiger partial charge in [-0.1, -0.05) is 19.1 Å². The van der Waals surface area contributed by atoms with E-state index in [9.17, 15) is 0 Å². The molecule has 0 radical (unpaired) electrons. The summed E-state index contributed by atoms with van der Waals surface area (Å²) >= 11 is 0. The van der Waals surface area contributed by atoms with Gasteiger partial charge in [-0.3, -0.25) is 0 Å². The molecule has 2 rings (SSSR count). The number of aromatic nitrogens is 2. The molecule has 0 aliphatic carbocycles. The lowest BCUT2D eigenvalue weighted by molar-refractivity contribution is 0.696. The third-order valence-corrected chi connectivity index (χ3v) is 2.99. The minimum Gasteiger partial charge on any atom is -0.324 e. The predicted molar refractivity (Wildman–Crippen MR) is 70.3 cm³/mol. The Morgan fingerprint density at radius 3 is 2.65 bits per heavy atom. The molecule has 2 N–H and O–H groups in total. The molecule has 3 nitrogen and oxygen atoms in total. The molecule has 17 heavy (non-hydrogen) atoms. The second-order valence-electron chi connectivity index (χ2n) is 4.45. The first-order valence-electron chi connectivity index (χ1n) is 6.01. The molecule has 0 spiro atoms. The molecule has 0 fully saturated rings. The van der Waals surface area contributed by atoms with Gasteiger partial charge in [0.2, 0.25) is 0 Å². The lowest BCUT2D eigenvalue weighted by atomic mass is 10.1. The van der Waals surface area contributed by atoms with Crippen molar-refractivity contribution in [2.24, 2.45) is 5.73 Å².